The highest BCUT2D eigenvalue weighted by Gasteiger charge is 2.20. The zero-order chi connectivity index (χ0) is 29.1. The second-order valence-corrected chi connectivity index (χ2v) is 11.2. The van der Waals surface area contributed by atoms with Gasteiger partial charge >= 0.3 is 6.16 Å². The molecular formula is C33H36N4O4. The Kier molecular flexibility index (Phi) is 7.83. The summed E-state index contributed by atoms with van der Waals surface area (Å²) in [5.74, 6) is 0.446. The average molecular weight is 553 g/mol. The van der Waals surface area contributed by atoms with E-state index in [9.17, 15) is 4.79 Å². The second kappa shape index (κ2) is 11.5. The maximum absolute atomic E-state index is 12.3. The number of imidazole rings is 2. The molecule has 0 saturated heterocycles. The molecule has 2 heterocycles. The van der Waals surface area contributed by atoms with Gasteiger partial charge in [-0.3, -0.25) is 4.57 Å². The van der Waals surface area contributed by atoms with Crippen molar-refractivity contribution in [2.24, 2.45) is 0 Å². The molecule has 0 fully saturated rings. The van der Waals surface area contributed by atoms with Crippen molar-refractivity contribution in [1.29, 1.82) is 0 Å². The van der Waals surface area contributed by atoms with E-state index in [1.54, 1.807) is 26.8 Å². The van der Waals surface area contributed by atoms with Gasteiger partial charge in [0.05, 0.1) is 36.2 Å². The van der Waals surface area contributed by atoms with Crippen LogP contribution in [0.4, 0.5) is 4.79 Å². The lowest BCUT2D eigenvalue weighted by molar-refractivity contribution is 0.0207. The van der Waals surface area contributed by atoms with Crippen molar-refractivity contribution in [2.45, 2.75) is 59.7 Å². The van der Waals surface area contributed by atoms with Gasteiger partial charge in [0.1, 0.15) is 11.4 Å². The second-order valence-electron chi connectivity index (χ2n) is 11.2. The summed E-state index contributed by atoms with van der Waals surface area (Å²) in [7, 11) is 0. The molecule has 0 aliphatic rings. The molecule has 0 radical (unpaired) electrons. The predicted octanol–water partition coefficient (Wildman–Crippen LogP) is 7.91. The van der Waals surface area contributed by atoms with E-state index in [4.69, 9.17) is 19.2 Å². The lowest BCUT2D eigenvalue weighted by atomic mass is 10.0. The summed E-state index contributed by atoms with van der Waals surface area (Å²) < 4.78 is 21.0. The number of benzene rings is 3. The standard InChI is InChI=1S/C33H36N4O4/c1-7-39-31-35-27-17-16-25(28-20-36(21-34-28)22(2)3)18-29(27)37(31)19-23-12-14-24(15-13-23)26-10-8-9-11-30(26)40-32(38)41-33(4,5)6/h8-18,20-22H,7,19H2,1-6H3. The van der Waals surface area contributed by atoms with Crippen LogP contribution >= 0.6 is 0 Å². The van der Waals surface area contributed by atoms with Crippen LogP contribution in [0.1, 0.15) is 53.1 Å². The van der Waals surface area contributed by atoms with Gasteiger partial charge in [-0.2, -0.15) is 4.98 Å². The third kappa shape index (κ3) is 6.43. The van der Waals surface area contributed by atoms with E-state index in [0.717, 1.165) is 39.0 Å². The van der Waals surface area contributed by atoms with Crippen molar-refractivity contribution in [3.8, 4) is 34.1 Å². The largest absolute Gasteiger partial charge is 0.514 e. The molecule has 3 aromatic carbocycles. The Balaban J connectivity index is 1.43. The van der Waals surface area contributed by atoms with E-state index < -0.39 is 11.8 Å². The normalized spacial score (nSPS) is 11.7. The summed E-state index contributed by atoms with van der Waals surface area (Å²) in [5.41, 5.74) is 5.96. The first-order valence-corrected chi connectivity index (χ1v) is 13.9. The van der Waals surface area contributed by atoms with Crippen molar-refractivity contribution in [3.63, 3.8) is 0 Å². The molecule has 0 unspecified atom stereocenters. The van der Waals surface area contributed by atoms with E-state index in [2.05, 4.69) is 52.4 Å². The van der Waals surface area contributed by atoms with Crippen molar-refractivity contribution < 1.29 is 19.0 Å². The SMILES string of the molecule is CCOc1nc2ccc(-c3cn(C(C)C)cn3)cc2n1Cc1ccc(-c2ccccc2OC(=O)OC(C)(C)C)cc1. The Morgan fingerprint density at radius 3 is 2.39 bits per heavy atom. The van der Waals surface area contributed by atoms with Gasteiger partial charge in [0.15, 0.2) is 0 Å². The first-order chi connectivity index (χ1) is 19.6. The summed E-state index contributed by atoms with van der Waals surface area (Å²) >= 11 is 0. The minimum Gasteiger partial charge on any atom is -0.465 e. The number of carbonyl (C=O) groups excluding carboxylic acids is 1. The van der Waals surface area contributed by atoms with E-state index in [-0.39, 0.29) is 0 Å². The van der Waals surface area contributed by atoms with Gasteiger partial charge in [-0.15, -0.1) is 0 Å². The number of aromatic nitrogens is 4. The molecule has 0 atom stereocenters. The highest BCUT2D eigenvalue weighted by atomic mass is 16.7. The van der Waals surface area contributed by atoms with Gasteiger partial charge < -0.3 is 18.8 Å². The lowest BCUT2D eigenvalue weighted by Crippen LogP contribution is -2.26. The Bertz CT molecular complexity index is 1660. The maximum atomic E-state index is 12.3. The first kappa shape index (κ1) is 28.0. The van der Waals surface area contributed by atoms with Crippen molar-refractivity contribution in [1.82, 2.24) is 19.1 Å². The molecule has 0 aliphatic carbocycles. The van der Waals surface area contributed by atoms with Gasteiger partial charge in [0, 0.05) is 23.4 Å². The van der Waals surface area contributed by atoms with Crippen LogP contribution in [0.5, 0.6) is 11.8 Å². The van der Waals surface area contributed by atoms with Crippen LogP contribution in [0.2, 0.25) is 0 Å². The van der Waals surface area contributed by atoms with E-state index in [1.165, 1.54) is 0 Å². The summed E-state index contributed by atoms with van der Waals surface area (Å²) in [6.45, 7) is 12.7. The number of hydrogen-bond donors (Lipinski definition) is 0. The number of rotatable bonds is 8. The fraction of sp³-hybridized carbons (Fsp3) is 0.303. The highest BCUT2D eigenvalue weighted by molar-refractivity contribution is 5.82. The fourth-order valence-electron chi connectivity index (χ4n) is 4.55. The number of ether oxygens (including phenoxy) is 3. The molecule has 0 spiro atoms. The van der Waals surface area contributed by atoms with Gasteiger partial charge in [0.25, 0.3) is 6.01 Å². The van der Waals surface area contributed by atoms with E-state index >= 15 is 0 Å². The zero-order valence-electron chi connectivity index (χ0n) is 24.4. The number of hydrogen-bond acceptors (Lipinski definition) is 6. The number of carbonyl (C=O) groups is 1. The first-order valence-electron chi connectivity index (χ1n) is 13.9. The van der Waals surface area contributed by atoms with Crippen LogP contribution in [0.15, 0.2) is 79.3 Å². The van der Waals surface area contributed by atoms with Crippen LogP contribution in [0.25, 0.3) is 33.4 Å². The summed E-state index contributed by atoms with van der Waals surface area (Å²) in [4.78, 5) is 21.7. The fourth-order valence-corrected chi connectivity index (χ4v) is 4.55. The smallest absolute Gasteiger partial charge is 0.465 e. The van der Waals surface area contributed by atoms with Crippen LogP contribution in [0.3, 0.4) is 0 Å². The minimum atomic E-state index is -0.729. The summed E-state index contributed by atoms with van der Waals surface area (Å²) in [5, 5.41) is 0. The molecule has 212 valence electrons. The number of para-hydroxylation sites is 1. The van der Waals surface area contributed by atoms with Gasteiger partial charge in [-0.25, -0.2) is 9.78 Å². The molecule has 2 aromatic heterocycles. The molecule has 5 aromatic rings. The molecule has 0 amide bonds. The molecule has 0 bridgehead atoms. The highest BCUT2D eigenvalue weighted by Crippen LogP contribution is 2.32. The quantitative estimate of drug-likeness (QED) is 0.144. The van der Waals surface area contributed by atoms with Crippen molar-refractivity contribution in [3.05, 3.63) is 84.8 Å². The van der Waals surface area contributed by atoms with Gasteiger partial charge in [-0.05, 0) is 70.9 Å². The van der Waals surface area contributed by atoms with Gasteiger partial charge in [-0.1, -0.05) is 48.5 Å². The van der Waals surface area contributed by atoms with E-state index in [1.807, 2.05) is 55.7 Å². The average Bonchev–Trinajstić information content (AvgIpc) is 3.54. The van der Waals surface area contributed by atoms with Crippen LogP contribution in [-0.4, -0.2) is 37.5 Å². The molecule has 8 heteroatoms. The Labute approximate surface area is 240 Å². The molecule has 0 aliphatic heterocycles. The minimum absolute atomic E-state index is 0.342. The number of fused-ring (bicyclic) bond motifs is 1. The number of nitrogens with zero attached hydrogens (tertiary/aromatic N) is 4. The van der Waals surface area contributed by atoms with Crippen molar-refractivity contribution >= 4 is 17.2 Å². The predicted molar refractivity (Wildman–Crippen MR) is 160 cm³/mol. The Morgan fingerprint density at radius 1 is 0.976 bits per heavy atom. The molecule has 5 rings (SSSR count). The van der Waals surface area contributed by atoms with Gasteiger partial charge in [0.2, 0.25) is 0 Å². The zero-order valence-corrected chi connectivity index (χ0v) is 24.4. The topological polar surface area (TPSA) is 80.4 Å². The maximum Gasteiger partial charge on any atom is 0.514 e. The van der Waals surface area contributed by atoms with Crippen molar-refractivity contribution in [2.75, 3.05) is 6.61 Å². The van der Waals surface area contributed by atoms with Crippen LogP contribution in [-0.2, 0) is 11.3 Å². The van der Waals surface area contributed by atoms with E-state index in [0.29, 0.717) is 31.0 Å². The Morgan fingerprint density at radius 2 is 1.71 bits per heavy atom. The molecular weight excluding hydrogens is 516 g/mol. The third-order valence-corrected chi connectivity index (χ3v) is 6.56. The molecule has 41 heavy (non-hydrogen) atoms. The summed E-state index contributed by atoms with van der Waals surface area (Å²) in [6.07, 6.45) is 3.21. The van der Waals surface area contributed by atoms with Crippen LogP contribution in [0, 0.1) is 0 Å². The van der Waals surface area contributed by atoms with Crippen LogP contribution < -0.4 is 9.47 Å². The Hall–Kier alpha value is -4.59. The summed E-state index contributed by atoms with van der Waals surface area (Å²) in [6, 6.07) is 22.7. The lowest BCUT2D eigenvalue weighted by Gasteiger charge is -2.19. The monoisotopic (exact) mass is 552 g/mol. The molecule has 8 nitrogen and oxygen atoms in total. The molecule has 0 N–H and O–H groups in total. The molecule has 0 saturated carbocycles. The third-order valence-electron chi connectivity index (χ3n) is 6.56.